The molecule has 0 amide bonds. The summed E-state index contributed by atoms with van der Waals surface area (Å²) >= 11 is 2.99. The zero-order chi connectivity index (χ0) is 15.5. The lowest BCUT2D eigenvalue weighted by molar-refractivity contribution is 0.600. The Morgan fingerprint density at radius 2 is 1.95 bits per heavy atom. The Morgan fingerprint density at radius 3 is 2.52 bits per heavy atom. The molecule has 0 unspecified atom stereocenters. The van der Waals surface area contributed by atoms with Crippen molar-refractivity contribution in [3.05, 3.63) is 40.9 Å². The minimum atomic E-state index is -3.82. The molecule has 2 N–H and O–H groups in total. The van der Waals surface area contributed by atoms with E-state index >= 15 is 0 Å². The lowest BCUT2D eigenvalue weighted by Gasteiger charge is -2.08. The van der Waals surface area contributed by atoms with Crippen LogP contribution in [-0.2, 0) is 10.0 Å². The quantitative estimate of drug-likeness (QED) is 0.840. The number of anilines is 2. The monoisotopic (exact) mass is 374 g/mol. The third-order valence-corrected chi connectivity index (χ3v) is 4.39. The van der Waals surface area contributed by atoms with Crippen molar-refractivity contribution in [3.8, 4) is 0 Å². The average molecular weight is 375 g/mol. The maximum atomic E-state index is 13.1. The van der Waals surface area contributed by atoms with E-state index < -0.39 is 15.8 Å². The summed E-state index contributed by atoms with van der Waals surface area (Å²) in [6.45, 7) is 2.51. The van der Waals surface area contributed by atoms with Gasteiger partial charge in [-0.2, -0.15) is 0 Å². The molecule has 2 aromatic rings. The van der Waals surface area contributed by atoms with Crippen LogP contribution in [-0.4, -0.2) is 24.9 Å². The largest absolute Gasteiger partial charge is 0.355 e. The third-order valence-electron chi connectivity index (χ3n) is 2.45. The van der Waals surface area contributed by atoms with Gasteiger partial charge in [0.05, 0.1) is 22.6 Å². The van der Waals surface area contributed by atoms with E-state index in [4.69, 9.17) is 0 Å². The van der Waals surface area contributed by atoms with Crippen LogP contribution in [0.15, 0.2) is 40.0 Å². The zero-order valence-corrected chi connectivity index (χ0v) is 13.4. The number of nitrogens with one attached hydrogen (secondary N) is 2. The molecule has 0 aliphatic carbocycles. The first-order valence-corrected chi connectivity index (χ1v) is 8.24. The fourth-order valence-corrected chi connectivity index (χ4v) is 2.79. The predicted molar refractivity (Wildman–Crippen MR) is 81.1 cm³/mol. The summed E-state index contributed by atoms with van der Waals surface area (Å²) in [6, 6.07) is 3.82. The molecule has 1 heterocycles. The molecule has 1 aromatic carbocycles. The second-order valence-corrected chi connectivity index (χ2v) is 6.54. The molecule has 21 heavy (non-hydrogen) atoms. The standard InChI is InChI=1S/C12H12BrFN4O2S/c1-2-15-12-16-6-9(7-17-12)21(19,20)18-8-3-4-11(14)10(13)5-8/h3-7,18H,2H2,1H3,(H,15,16,17). The summed E-state index contributed by atoms with van der Waals surface area (Å²) in [6.07, 6.45) is 2.40. The van der Waals surface area contributed by atoms with Gasteiger partial charge in [-0.05, 0) is 41.1 Å². The van der Waals surface area contributed by atoms with Gasteiger partial charge in [0.25, 0.3) is 10.0 Å². The van der Waals surface area contributed by atoms with Gasteiger partial charge in [-0.3, -0.25) is 4.72 Å². The summed E-state index contributed by atoms with van der Waals surface area (Å²) in [5.41, 5.74) is 0.235. The van der Waals surface area contributed by atoms with E-state index in [0.29, 0.717) is 12.5 Å². The van der Waals surface area contributed by atoms with Crippen molar-refractivity contribution >= 4 is 37.6 Å². The molecular formula is C12H12BrFN4O2S. The molecule has 0 saturated carbocycles. The van der Waals surface area contributed by atoms with Crippen molar-refractivity contribution in [3.63, 3.8) is 0 Å². The van der Waals surface area contributed by atoms with E-state index in [1.165, 1.54) is 24.5 Å². The van der Waals surface area contributed by atoms with Gasteiger partial charge in [-0.15, -0.1) is 0 Å². The minimum absolute atomic E-state index is 0.0791. The Kier molecular flexibility index (Phi) is 4.73. The van der Waals surface area contributed by atoms with Crippen LogP contribution in [0, 0.1) is 5.82 Å². The normalized spacial score (nSPS) is 11.2. The zero-order valence-electron chi connectivity index (χ0n) is 11.0. The van der Waals surface area contributed by atoms with E-state index in [0.717, 1.165) is 6.07 Å². The second-order valence-electron chi connectivity index (χ2n) is 4.01. The molecule has 0 atom stereocenters. The fourth-order valence-electron chi connectivity index (χ4n) is 1.48. The Labute approximate surface area is 130 Å². The number of aromatic nitrogens is 2. The number of sulfonamides is 1. The Bertz CT molecular complexity index is 737. The van der Waals surface area contributed by atoms with Gasteiger partial charge in [-0.25, -0.2) is 22.8 Å². The van der Waals surface area contributed by atoms with E-state index in [1.807, 2.05) is 6.92 Å². The molecule has 112 valence electrons. The van der Waals surface area contributed by atoms with Gasteiger partial charge in [-0.1, -0.05) is 0 Å². The number of hydrogen-bond donors (Lipinski definition) is 2. The molecule has 0 fully saturated rings. The summed E-state index contributed by atoms with van der Waals surface area (Å²) in [5, 5.41) is 2.86. The predicted octanol–water partition coefficient (Wildman–Crippen LogP) is 2.61. The lowest BCUT2D eigenvalue weighted by atomic mass is 10.3. The van der Waals surface area contributed by atoms with Crippen LogP contribution in [0.2, 0.25) is 0 Å². The number of nitrogens with zero attached hydrogens (tertiary/aromatic N) is 2. The number of hydrogen-bond acceptors (Lipinski definition) is 5. The van der Waals surface area contributed by atoms with Gasteiger partial charge in [0, 0.05) is 6.54 Å². The molecule has 0 aliphatic rings. The van der Waals surface area contributed by atoms with Crippen molar-refractivity contribution in [2.75, 3.05) is 16.6 Å². The van der Waals surface area contributed by atoms with E-state index in [2.05, 4.69) is 35.9 Å². The highest BCUT2D eigenvalue weighted by Crippen LogP contribution is 2.22. The van der Waals surface area contributed by atoms with Gasteiger partial charge < -0.3 is 5.32 Å². The van der Waals surface area contributed by atoms with E-state index in [-0.39, 0.29) is 15.1 Å². The van der Waals surface area contributed by atoms with Crippen molar-refractivity contribution in [2.45, 2.75) is 11.8 Å². The maximum absolute atomic E-state index is 13.1. The van der Waals surface area contributed by atoms with Gasteiger partial charge in [0.1, 0.15) is 10.7 Å². The number of halogens is 2. The summed E-state index contributed by atoms with van der Waals surface area (Å²) in [5.74, 6) is -0.128. The average Bonchev–Trinajstić information content (AvgIpc) is 2.44. The molecule has 9 heteroatoms. The first kappa shape index (κ1) is 15.6. The maximum Gasteiger partial charge on any atom is 0.264 e. The molecular weight excluding hydrogens is 363 g/mol. The summed E-state index contributed by atoms with van der Waals surface area (Å²) in [4.78, 5) is 7.72. The van der Waals surface area contributed by atoms with Crippen LogP contribution >= 0.6 is 15.9 Å². The highest BCUT2D eigenvalue weighted by molar-refractivity contribution is 9.10. The molecule has 0 aliphatic heterocycles. The Hall–Kier alpha value is -1.74. The second kappa shape index (κ2) is 6.35. The van der Waals surface area contributed by atoms with Crippen LogP contribution < -0.4 is 10.0 Å². The van der Waals surface area contributed by atoms with Gasteiger partial charge in [0.15, 0.2) is 0 Å². The fraction of sp³-hybridized carbons (Fsp3) is 0.167. The molecule has 6 nitrogen and oxygen atoms in total. The summed E-state index contributed by atoms with van der Waals surface area (Å²) in [7, 11) is -3.82. The molecule has 0 radical (unpaired) electrons. The first-order chi connectivity index (χ1) is 9.92. The highest BCUT2D eigenvalue weighted by atomic mass is 79.9. The van der Waals surface area contributed by atoms with Crippen LogP contribution in [0.3, 0.4) is 0 Å². The van der Waals surface area contributed by atoms with Crippen LogP contribution in [0.1, 0.15) is 6.92 Å². The van der Waals surface area contributed by atoms with Crippen molar-refractivity contribution in [1.29, 1.82) is 0 Å². The summed E-state index contributed by atoms with van der Waals surface area (Å²) < 4.78 is 39.9. The topological polar surface area (TPSA) is 84.0 Å². The van der Waals surface area contributed by atoms with Crippen LogP contribution in [0.4, 0.5) is 16.0 Å². The molecule has 0 spiro atoms. The Morgan fingerprint density at radius 1 is 1.29 bits per heavy atom. The van der Waals surface area contributed by atoms with E-state index in [1.54, 1.807) is 0 Å². The van der Waals surface area contributed by atoms with Crippen LogP contribution in [0.5, 0.6) is 0 Å². The highest BCUT2D eigenvalue weighted by Gasteiger charge is 2.16. The molecule has 1 aromatic heterocycles. The number of rotatable bonds is 5. The third kappa shape index (κ3) is 3.88. The lowest BCUT2D eigenvalue weighted by Crippen LogP contribution is -2.14. The SMILES string of the molecule is CCNc1ncc(S(=O)(=O)Nc2ccc(F)c(Br)c2)cn1. The van der Waals surface area contributed by atoms with Crippen LogP contribution in [0.25, 0.3) is 0 Å². The molecule has 0 saturated heterocycles. The van der Waals surface area contributed by atoms with E-state index in [9.17, 15) is 12.8 Å². The van der Waals surface area contributed by atoms with Crippen molar-refractivity contribution < 1.29 is 12.8 Å². The molecule has 2 rings (SSSR count). The number of benzene rings is 1. The Balaban J connectivity index is 2.23. The smallest absolute Gasteiger partial charge is 0.264 e. The van der Waals surface area contributed by atoms with Gasteiger partial charge >= 0.3 is 0 Å². The minimum Gasteiger partial charge on any atom is -0.355 e. The molecule has 0 bridgehead atoms. The van der Waals surface area contributed by atoms with Crippen molar-refractivity contribution in [2.24, 2.45) is 0 Å². The van der Waals surface area contributed by atoms with Crippen molar-refractivity contribution in [1.82, 2.24) is 9.97 Å². The first-order valence-electron chi connectivity index (χ1n) is 5.96. The van der Waals surface area contributed by atoms with Gasteiger partial charge in [0.2, 0.25) is 5.95 Å².